The predicted molar refractivity (Wildman–Crippen MR) is 110 cm³/mol. The van der Waals surface area contributed by atoms with Crippen LogP contribution in [0, 0.1) is 0 Å². The van der Waals surface area contributed by atoms with E-state index in [0.717, 1.165) is 0 Å². The summed E-state index contributed by atoms with van der Waals surface area (Å²) in [5.74, 6) is 0.637. The van der Waals surface area contributed by atoms with Gasteiger partial charge < -0.3 is 19.7 Å². The van der Waals surface area contributed by atoms with Gasteiger partial charge in [0.15, 0.2) is 17.6 Å². The summed E-state index contributed by atoms with van der Waals surface area (Å²) in [6.45, 7) is 6.93. The molecule has 6 nitrogen and oxygen atoms in total. The first kappa shape index (κ1) is 21.3. The van der Waals surface area contributed by atoms with Gasteiger partial charge in [0.25, 0.3) is 11.8 Å². The van der Waals surface area contributed by atoms with Crippen LogP contribution in [0.4, 0.5) is 5.69 Å². The van der Waals surface area contributed by atoms with Gasteiger partial charge in [-0.1, -0.05) is 31.2 Å². The van der Waals surface area contributed by atoms with Crippen molar-refractivity contribution in [2.24, 2.45) is 0 Å². The van der Waals surface area contributed by atoms with Crippen LogP contribution in [0.5, 0.6) is 11.5 Å². The molecule has 0 saturated heterocycles. The Morgan fingerprint density at radius 2 is 1.57 bits per heavy atom. The van der Waals surface area contributed by atoms with Crippen molar-refractivity contribution < 1.29 is 19.1 Å². The van der Waals surface area contributed by atoms with Gasteiger partial charge in [0.2, 0.25) is 0 Å². The topological polar surface area (TPSA) is 67.9 Å². The van der Waals surface area contributed by atoms with Gasteiger partial charge in [-0.25, -0.2) is 0 Å². The minimum Gasteiger partial charge on any atom is -0.493 e. The lowest BCUT2D eigenvalue weighted by Crippen LogP contribution is -2.34. The quantitative estimate of drug-likeness (QED) is 0.710. The van der Waals surface area contributed by atoms with Crippen molar-refractivity contribution in [3.63, 3.8) is 0 Å². The second-order valence-corrected chi connectivity index (χ2v) is 6.18. The normalized spacial score (nSPS) is 11.4. The number of methoxy groups -OCH3 is 1. The molecule has 0 radical (unpaired) electrons. The van der Waals surface area contributed by atoms with Crippen LogP contribution in [0.3, 0.4) is 0 Å². The molecule has 0 bridgehead atoms. The highest BCUT2D eigenvalue weighted by Gasteiger charge is 2.23. The molecule has 28 heavy (non-hydrogen) atoms. The zero-order valence-corrected chi connectivity index (χ0v) is 16.9. The van der Waals surface area contributed by atoms with Crippen LogP contribution >= 0.6 is 0 Å². The molecule has 0 spiro atoms. The van der Waals surface area contributed by atoms with E-state index < -0.39 is 6.10 Å². The molecule has 2 amide bonds. The zero-order chi connectivity index (χ0) is 20.5. The molecule has 150 valence electrons. The van der Waals surface area contributed by atoms with E-state index in [1.165, 1.54) is 0 Å². The van der Waals surface area contributed by atoms with Gasteiger partial charge >= 0.3 is 0 Å². The van der Waals surface area contributed by atoms with Crippen molar-refractivity contribution in [2.45, 2.75) is 33.3 Å². The van der Waals surface area contributed by atoms with Gasteiger partial charge in [0.05, 0.1) is 18.4 Å². The van der Waals surface area contributed by atoms with Crippen LogP contribution in [0.15, 0.2) is 48.5 Å². The van der Waals surface area contributed by atoms with Gasteiger partial charge in [-0.05, 0) is 44.5 Å². The fourth-order valence-electron chi connectivity index (χ4n) is 2.86. The molecule has 2 aromatic carbocycles. The van der Waals surface area contributed by atoms with E-state index >= 15 is 0 Å². The van der Waals surface area contributed by atoms with Crippen LogP contribution in [-0.4, -0.2) is 43.0 Å². The summed E-state index contributed by atoms with van der Waals surface area (Å²) in [6.07, 6.45) is -0.247. The number of nitrogens with one attached hydrogen (secondary N) is 1. The Balaban J connectivity index is 2.20. The Morgan fingerprint density at radius 1 is 0.964 bits per heavy atom. The molecule has 0 aliphatic carbocycles. The molecular weight excluding hydrogens is 356 g/mol. The number of para-hydroxylation sites is 3. The Kier molecular flexibility index (Phi) is 7.87. The van der Waals surface area contributed by atoms with Gasteiger partial charge in [0, 0.05) is 13.1 Å². The molecule has 1 atom stereocenters. The lowest BCUT2D eigenvalue weighted by Gasteiger charge is -2.22. The number of rotatable bonds is 9. The summed E-state index contributed by atoms with van der Waals surface area (Å²) in [6, 6.07) is 14.2. The highest BCUT2D eigenvalue weighted by molar-refractivity contribution is 6.04. The summed E-state index contributed by atoms with van der Waals surface area (Å²) in [5, 5.41) is 2.85. The maximum atomic E-state index is 12.8. The average molecular weight is 384 g/mol. The highest BCUT2D eigenvalue weighted by atomic mass is 16.5. The molecule has 0 heterocycles. The number of ether oxygens (including phenoxy) is 2. The number of benzene rings is 2. The lowest BCUT2D eigenvalue weighted by molar-refractivity contribution is -0.122. The Labute approximate surface area is 166 Å². The smallest absolute Gasteiger partial charge is 0.265 e. The standard InChI is InChI=1S/C22H28N2O4/c1-5-18(28-20-15-11-10-14-19(20)27-4)21(25)23-17-13-9-8-12-16(17)22(26)24(6-2)7-3/h8-15,18H,5-7H2,1-4H3,(H,23,25)/t18-/m1/s1. The Hall–Kier alpha value is -3.02. The zero-order valence-electron chi connectivity index (χ0n) is 16.9. The molecule has 0 unspecified atom stereocenters. The highest BCUT2D eigenvalue weighted by Crippen LogP contribution is 2.28. The van der Waals surface area contributed by atoms with Crippen molar-refractivity contribution in [2.75, 3.05) is 25.5 Å². The van der Waals surface area contributed by atoms with E-state index in [1.54, 1.807) is 48.4 Å². The summed E-state index contributed by atoms with van der Waals surface area (Å²) >= 11 is 0. The largest absolute Gasteiger partial charge is 0.493 e. The fourth-order valence-corrected chi connectivity index (χ4v) is 2.86. The van der Waals surface area contributed by atoms with Crippen molar-refractivity contribution in [1.82, 2.24) is 4.90 Å². The second kappa shape index (κ2) is 10.3. The summed E-state index contributed by atoms with van der Waals surface area (Å²) in [5.41, 5.74) is 0.943. The van der Waals surface area contributed by atoms with Gasteiger partial charge in [-0.2, -0.15) is 0 Å². The van der Waals surface area contributed by atoms with Gasteiger partial charge in [0.1, 0.15) is 0 Å². The molecule has 2 rings (SSSR count). The molecule has 0 fully saturated rings. The maximum Gasteiger partial charge on any atom is 0.265 e. The van der Waals surface area contributed by atoms with Gasteiger partial charge in [-0.3, -0.25) is 9.59 Å². The first-order chi connectivity index (χ1) is 13.5. The molecule has 1 N–H and O–H groups in total. The third-order valence-electron chi connectivity index (χ3n) is 4.47. The summed E-state index contributed by atoms with van der Waals surface area (Å²) < 4.78 is 11.2. The molecule has 0 aliphatic rings. The SMILES string of the molecule is CC[C@@H](Oc1ccccc1OC)C(=O)Nc1ccccc1C(=O)N(CC)CC. The number of amides is 2. The molecular formula is C22H28N2O4. The van der Waals surface area contributed by atoms with Crippen LogP contribution < -0.4 is 14.8 Å². The number of hydrogen-bond acceptors (Lipinski definition) is 4. The number of carbonyl (C=O) groups is 2. The Bertz CT molecular complexity index is 803. The van der Waals surface area contributed by atoms with Crippen LogP contribution in [0.1, 0.15) is 37.6 Å². The molecule has 0 aliphatic heterocycles. The Morgan fingerprint density at radius 3 is 2.18 bits per heavy atom. The predicted octanol–water partition coefficient (Wildman–Crippen LogP) is 3.97. The van der Waals surface area contributed by atoms with Crippen molar-refractivity contribution >= 4 is 17.5 Å². The van der Waals surface area contributed by atoms with Gasteiger partial charge in [-0.15, -0.1) is 0 Å². The first-order valence-corrected chi connectivity index (χ1v) is 9.54. The third kappa shape index (κ3) is 5.03. The minimum atomic E-state index is -0.715. The van der Waals surface area contributed by atoms with E-state index in [4.69, 9.17) is 9.47 Å². The minimum absolute atomic E-state index is 0.111. The maximum absolute atomic E-state index is 12.8. The lowest BCUT2D eigenvalue weighted by atomic mass is 10.1. The monoisotopic (exact) mass is 384 g/mol. The van der Waals surface area contributed by atoms with E-state index in [1.807, 2.05) is 32.9 Å². The van der Waals surface area contributed by atoms with Crippen LogP contribution in [0.25, 0.3) is 0 Å². The number of nitrogens with zero attached hydrogens (tertiary/aromatic N) is 1. The van der Waals surface area contributed by atoms with E-state index in [-0.39, 0.29) is 11.8 Å². The number of hydrogen-bond donors (Lipinski definition) is 1. The first-order valence-electron chi connectivity index (χ1n) is 9.54. The van der Waals surface area contributed by atoms with Crippen molar-refractivity contribution in [3.8, 4) is 11.5 Å². The summed E-state index contributed by atoms with van der Waals surface area (Å²) in [7, 11) is 1.55. The van der Waals surface area contributed by atoms with E-state index in [0.29, 0.717) is 42.3 Å². The molecule has 2 aromatic rings. The molecule has 6 heteroatoms. The van der Waals surface area contributed by atoms with Crippen molar-refractivity contribution in [3.05, 3.63) is 54.1 Å². The van der Waals surface area contributed by atoms with E-state index in [9.17, 15) is 9.59 Å². The van der Waals surface area contributed by atoms with E-state index in [2.05, 4.69) is 5.32 Å². The average Bonchev–Trinajstić information content (AvgIpc) is 2.73. The van der Waals surface area contributed by atoms with Crippen LogP contribution in [0.2, 0.25) is 0 Å². The van der Waals surface area contributed by atoms with Crippen molar-refractivity contribution in [1.29, 1.82) is 0 Å². The second-order valence-electron chi connectivity index (χ2n) is 6.18. The third-order valence-corrected chi connectivity index (χ3v) is 4.47. The molecule has 0 saturated carbocycles. The number of carbonyl (C=O) groups excluding carboxylic acids is 2. The van der Waals surface area contributed by atoms with Crippen LogP contribution in [-0.2, 0) is 4.79 Å². The molecule has 0 aromatic heterocycles. The fraction of sp³-hybridized carbons (Fsp3) is 0.364. The number of anilines is 1. The summed E-state index contributed by atoms with van der Waals surface area (Å²) in [4.78, 5) is 27.3.